The maximum absolute atomic E-state index is 11.7. The summed E-state index contributed by atoms with van der Waals surface area (Å²) in [4.78, 5) is 16.3. The first-order valence-corrected chi connectivity index (χ1v) is 8.83. The Morgan fingerprint density at radius 3 is 2.78 bits per heavy atom. The van der Waals surface area contributed by atoms with Crippen molar-refractivity contribution in [2.75, 3.05) is 32.8 Å². The fraction of sp³-hybridized carbons (Fsp3) is 0.632. The third kappa shape index (κ3) is 4.55. The van der Waals surface area contributed by atoms with Gasteiger partial charge in [-0.2, -0.15) is 0 Å². The molecule has 0 N–H and O–H groups in total. The lowest BCUT2D eigenvalue weighted by atomic mass is 9.95. The minimum atomic E-state index is 0.231. The third-order valence-electron chi connectivity index (χ3n) is 5.12. The number of carbonyl (C=O) groups is 1. The molecule has 4 nitrogen and oxygen atoms in total. The lowest BCUT2D eigenvalue weighted by molar-refractivity contribution is -0.129. The number of carbonyl (C=O) groups excluding carboxylic acids is 1. The van der Waals surface area contributed by atoms with Crippen LogP contribution < -0.4 is 0 Å². The number of fused-ring (bicyclic) bond motifs is 4. The molecule has 0 unspecified atom stereocenters. The molecule has 3 fully saturated rings. The van der Waals surface area contributed by atoms with Gasteiger partial charge in [0.1, 0.15) is 0 Å². The molecule has 2 bridgehead atoms. The number of benzene rings is 1. The van der Waals surface area contributed by atoms with E-state index in [1.807, 2.05) is 23.1 Å². The van der Waals surface area contributed by atoms with Gasteiger partial charge in [0, 0.05) is 45.8 Å². The Hall–Kier alpha value is -1.39. The number of hydrogen-bond donors (Lipinski definition) is 0. The molecule has 23 heavy (non-hydrogen) atoms. The number of rotatable bonds is 6. The Balaban J connectivity index is 1.40. The molecule has 1 aromatic rings. The average Bonchev–Trinajstić information content (AvgIpc) is 2.87. The van der Waals surface area contributed by atoms with Gasteiger partial charge in [-0.15, -0.1) is 0 Å². The molecule has 3 heterocycles. The van der Waals surface area contributed by atoms with Crippen molar-refractivity contribution in [1.29, 1.82) is 0 Å². The Morgan fingerprint density at radius 2 is 2.00 bits per heavy atom. The highest BCUT2D eigenvalue weighted by Gasteiger charge is 2.35. The minimum absolute atomic E-state index is 0.231. The topological polar surface area (TPSA) is 32.8 Å². The number of ether oxygens (including phenoxy) is 1. The summed E-state index contributed by atoms with van der Waals surface area (Å²) in [5, 5.41) is 0. The van der Waals surface area contributed by atoms with Gasteiger partial charge < -0.3 is 9.64 Å². The summed E-state index contributed by atoms with van der Waals surface area (Å²) < 4.78 is 5.79. The largest absolute Gasteiger partial charge is 0.377 e. The number of nitrogens with zero attached hydrogens (tertiary/aromatic N) is 2. The Kier molecular flexibility index (Phi) is 5.68. The molecule has 1 aromatic carbocycles. The van der Waals surface area contributed by atoms with Crippen molar-refractivity contribution < 1.29 is 9.53 Å². The van der Waals surface area contributed by atoms with Gasteiger partial charge in [-0.3, -0.25) is 9.69 Å². The lowest BCUT2D eigenvalue weighted by Gasteiger charge is -2.35. The van der Waals surface area contributed by atoms with E-state index < -0.39 is 0 Å². The van der Waals surface area contributed by atoms with Crippen LogP contribution in [-0.2, 0) is 16.1 Å². The Morgan fingerprint density at radius 1 is 1.17 bits per heavy atom. The van der Waals surface area contributed by atoms with Crippen LogP contribution in [0.1, 0.15) is 31.7 Å². The summed E-state index contributed by atoms with van der Waals surface area (Å²) in [6, 6.07) is 10.9. The van der Waals surface area contributed by atoms with Crippen LogP contribution in [0.4, 0.5) is 0 Å². The monoisotopic (exact) mass is 316 g/mol. The van der Waals surface area contributed by atoms with Crippen molar-refractivity contribution in [2.24, 2.45) is 5.92 Å². The van der Waals surface area contributed by atoms with E-state index in [4.69, 9.17) is 4.74 Å². The second kappa shape index (κ2) is 7.93. The van der Waals surface area contributed by atoms with Crippen LogP contribution in [0.3, 0.4) is 0 Å². The average molecular weight is 316 g/mol. The molecule has 2 atom stereocenters. The summed E-state index contributed by atoms with van der Waals surface area (Å²) in [6.07, 6.45) is 3.57. The summed E-state index contributed by atoms with van der Waals surface area (Å²) in [5.74, 6) is 0.887. The highest BCUT2D eigenvalue weighted by Crippen LogP contribution is 2.28. The van der Waals surface area contributed by atoms with Crippen LogP contribution >= 0.6 is 0 Å². The van der Waals surface area contributed by atoms with E-state index in [9.17, 15) is 4.79 Å². The van der Waals surface area contributed by atoms with E-state index >= 15 is 0 Å². The van der Waals surface area contributed by atoms with Gasteiger partial charge in [0.25, 0.3) is 0 Å². The maximum Gasteiger partial charge on any atom is 0.219 e. The molecule has 0 spiro atoms. The third-order valence-corrected chi connectivity index (χ3v) is 5.12. The maximum atomic E-state index is 11.7. The van der Waals surface area contributed by atoms with Crippen LogP contribution in [0, 0.1) is 5.92 Å². The second-order valence-electron chi connectivity index (χ2n) is 6.91. The highest BCUT2D eigenvalue weighted by molar-refractivity contribution is 5.73. The lowest BCUT2D eigenvalue weighted by Crippen LogP contribution is -2.44. The Bertz CT molecular complexity index is 505. The molecular weight excluding hydrogens is 288 g/mol. The molecule has 3 aliphatic heterocycles. The number of amides is 1. The van der Waals surface area contributed by atoms with E-state index in [-0.39, 0.29) is 5.91 Å². The van der Waals surface area contributed by atoms with Crippen molar-refractivity contribution >= 4 is 5.91 Å². The SMILES string of the molecule is CC(=O)N1C[C@H]2CC[C@@H](C1)N(CCCOCc1ccccc1)C2. The van der Waals surface area contributed by atoms with Crippen LogP contribution in [0.5, 0.6) is 0 Å². The van der Waals surface area contributed by atoms with Crippen LogP contribution in [0.25, 0.3) is 0 Å². The summed E-state index contributed by atoms with van der Waals surface area (Å²) >= 11 is 0. The molecule has 0 aromatic heterocycles. The molecule has 0 aliphatic carbocycles. The zero-order valence-electron chi connectivity index (χ0n) is 14.1. The quantitative estimate of drug-likeness (QED) is 0.756. The van der Waals surface area contributed by atoms with Crippen molar-refractivity contribution in [3.05, 3.63) is 35.9 Å². The normalized spacial score (nSPS) is 24.7. The second-order valence-corrected chi connectivity index (χ2v) is 6.91. The fourth-order valence-corrected chi connectivity index (χ4v) is 3.84. The molecule has 3 aliphatic rings. The van der Waals surface area contributed by atoms with Crippen molar-refractivity contribution in [3.63, 3.8) is 0 Å². The highest BCUT2D eigenvalue weighted by atomic mass is 16.5. The fourth-order valence-electron chi connectivity index (χ4n) is 3.84. The minimum Gasteiger partial charge on any atom is -0.377 e. The summed E-state index contributed by atoms with van der Waals surface area (Å²) in [5.41, 5.74) is 1.23. The molecule has 3 saturated heterocycles. The zero-order valence-corrected chi connectivity index (χ0v) is 14.1. The standard InChI is InChI=1S/C19H28N2O2/c1-16(22)21-13-18-8-9-19(14-21)20(12-18)10-5-11-23-15-17-6-3-2-4-7-17/h2-4,6-7,18-19H,5,8-15H2,1H3/t18-,19-/m0/s1. The molecule has 4 heteroatoms. The van der Waals surface area contributed by atoms with Gasteiger partial charge >= 0.3 is 0 Å². The van der Waals surface area contributed by atoms with Gasteiger partial charge in [0.05, 0.1) is 6.61 Å². The van der Waals surface area contributed by atoms with Gasteiger partial charge in [0.15, 0.2) is 0 Å². The first kappa shape index (κ1) is 16.5. The molecule has 0 saturated carbocycles. The van der Waals surface area contributed by atoms with E-state index in [0.717, 1.165) is 39.2 Å². The van der Waals surface area contributed by atoms with E-state index in [1.165, 1.54) is 18.4 Å². The van der Waals surface area contributed by atoms with E-state index in [0.29, 0.717) is 18.6 Å². The van der Waals surface area contributed by atoms with Gasteiger partial charge in [0.2, 0.25) is 5.91 Å². The molecule has 1 amide bonds. The first-order chi connectivity index (χ1) is 11.2. The van der Waals surface area contributed by atoms with Gasteiger partial charge in [-0.1, -0.05) is 30.3 Å². The smallest absolute Gasteiger partial charge is 0.219 e. The van der Waals surface area contributed by atoms with Crippen LogP contribution in [0.15, 0.2) is 30.3 Å². The van der Waals surface area contributed by atoms with Crippen LogP contribution in [0.2, 0.25) is 0 Å². The number of hydrogen-bond acceptors (Lipinski definition) is 3. The van der Waals surface area contributed by atoms with Crippen molar-refractivity contribution in [3.8, 4) is 0 Å². The number of piperidine rings is 1. The van der Waals surface area contributed by atoms with Crippen molar-refractivity contribution in [2.45, 2.75) is 38.8 Å². The Labute approximate surface area is 139 Å². The molecule has 126 valence electrons. The molecule has 4 rings (SSSR count). The van der Waals surface area contributed by atoms with Gasteiger partial charge in [-0.25, -0.2) is 0 Å². The summed E-state index contributed by atoms with van der Waals surface area (Å²) in [7, 11) is 0. The predicted molar refractivity (Wildman–Crippen MR) is 91.1 cm³/mol. The first-order valence-electron chi connectivity index (χ1n) is 8.83. The summed E-state index contributed by atoms with van der Waals surface area (Å²) in [6.45, 7) is 7.30. The van der Waals surface area contributed by atoms with Crippen molar-refractivity contribution in [1.82, 2.24) is 9.80 Å². The van der Waals surface area contributed by atoms with Crippen LogP contribution in [-0.4, -0.2) is 54.5 Å². The zero-order chi connectivity index (χ0) is 16.1. The molecule has 0 radical (unpaired) electrons. The van der Waals surface area contributed by atoms with E-state index in [1.54, 1.807) is 6.92 Å². The van der Waals surface area contributed by atoms with Gasteiger partial charge in [-0.05, 0) is 30.7 Å². The van der Waals surface area contributed by atoms with E-state index in [2.05, 4.69) is 17.0 Å². The molecular formula is C19H28N2O2. The predicted octanol–water partition coefficient (Wildman–Crippen LogP) is 2.54.